The van der Waals surface area contributed by atoms with Gasteiger partial charge in [0.15, 0.2) is 0 Å². The number of esters is 1. The fourth-order valence-electron chi connectivity index (χ4n) is 2.01. The molecule has 0 aliphatic rings. The molecule has 0 atom stereocenters. The van der Waals surface area contributed by atoms with Crippen LogP contribution in [0.2, 0.25) is 0 Å². The molecule has 8 heteroatoms. The van der Waals surface area contributed by atoms with Crippen LogP contribution in [-0.2, 0) is 4.74 Å². The summed E-state index contributed by atoms with van der Waals surface area (Å²) in [4.78, 5) is 15.7. The number of benzene rings is 1. The second-order valence-corrected chi connectivity index (χ2v) is 5.12. The van der Waals surface area contributed by atoms with Gasteiger partial charge in [0, 0.05) is 6.20 Å². The van der Waals surface area contributed by atoms with Crippen LogP contribution >= 0.6 is 12.2 Å². The Morgan fingerprint density at radius 1 is 1.29 bits per heavy atom. The van der Waals surface area contributed by atoms with Crippen LogP contribution in [0.5, 0.6) is 0 Å². The van der Waals surface area contributed by atoms with Crippen LogP contribution in [0.3, 0.4) is 0 Å². The molecule has 0 saturated carbocycles. The molecule has 0 fully saturated rings. The molecule has 1 aromatic carbocycles. The molecule has 0 saturated heterocycles. The first-order valence-electron chi connectivity index (χ1n) is 7.00. The van der Waals surface area contributed by atoms with Gasteiger partial charge in [0.05, 0.1) is 18.9 Å². The fourth-order valence-corrected chi connectivity index (χ4v) is 2.19. The standard InChI is InChI=1S/C16H13N5O2S/c1-23-15(22)12-7-5-11(6-8-12)10-18-21-14(19-20-16(21)24)13-4-2-3-9-17-13/h2-10H,1H3,(H,20,24)/b18-10+. The molecule has 3 aromatic rings. The monoisotopic (exact) mass is 339 g/mol. The van der Waals surface area contributed by atoms with E-state index >= 15 is 0 Å². The molecule has 0 aliphatic carbocycles. The Balaban J connectivity index is 1.89. The zero-order valence-electron chi connectivity index (χ0n) is 12.7. The van der Waals surface area contributed by atoms with Crippen molar-refractivity contribution < 1.29 is 9.53 Å². The molecule has 0 radical (unpaired) electrons. The van der Waals surface area contributed by atoms with Gasteiger partial charge < -0.3 is 4.74 Å². The van der Waals surface area contributed by atoms with Crippen LogP contribution in [-0.4, -0.2) is 39.2 Å². The predicted molar refractivity (Wildman–Crippen MR) is 91.4 cm³/mol. The number of aromatic nitrogens is 4. The Labute approximate surface area is 142 Å². The molecule has 2 heterocycles. The Kier molecular flexibility index (Phi) is 4.57. The highest BCUT2D eigenvalue weighted by molar-refractivity contribution is 7.71. The van der Waals surface area contributed by atoms with Crippen molar-refractivity contribution in [2.45, 2.75) is 0 Å². The summed E-state index contributed by atoms with van der Waals surface area (Å²) in [5.41, 5.74) is 1.93. The lowest BCUT2D eigenvalue weighted by Crippen LogP contribution is -2.01. The van der Waals surface area contributed by atoms with Gasteiger partial charge in [0.2, 0.25) is 10.6 Å². The predicted octanol–water partition coefficient (Wildman–Crippen LogP) is 2.67. The van der Waals surface area contributed by atoms with Gasteiger partial charge in [-0.3, -0.25) is 4.98 Å². The van der Waals surface area contributed by atoms with E-state index in [-0.39, 0.29) is 5.97 Å². The van der Waals surface area contributed by atoms with E-state index in [1.165, 1.54) is 11.8 Å². The number of methoxy groups -OCH3 is 1. The van der Waals surface area contributed by atoms with E-state index in [0.717, 1.165) is 5.56 Å². The van der Waals surface area contributed by atoms with Gasteiger partial charge in [-0.05, 0) is 42.0 Å². The van der Waals surface area contributed by atoms with Crippen molar-refractivity contribution in [3.8, 4) is 11.5 Å². The second-order valence-electron chi connectivity index (χ2n) is 4.74. The smallest absolute Gasteiger partial charge is 0.337 e. The Morgan fingerprint density at radius 3 is 2.75 bits per heavy atom. The first-order chi connectivity index (χ1) is 11.7. The fraction of sp³-hybridized carbons (Fsp3) is 0.0625. The van der Waals surface area contributed by atoms with Gasteiger partial charge in [-0.15, -0.1) is 0 Å². The SMILES string of the molecule is COC(=O)c1ccc(/C=N/n2c(-c3ccccn3)n[nH]c2=S)cc1. The minimum atomic E-state index is -0.381. The van der Waals surface area contributed by atoms with Crippen molar-refractivity contribution in [2.75, 3.05) is 7.11 Å². The van der Waals surface area contributed by atoms with Crippen molar-refractivity contribution in [2.24, 2.45) is 5.10 Å². The number of aromatic amines is 1. The van der Waals surface area contributed by atoms with Gasteiger partial charge in [0.1, 0.15) is 5.69 Å². The lowest BCUT2D eigenvalue weighted by atomic mass is 10.1. The summed E-state index contributed by atoms with van der Waals surface area (Å²) < 4.78 is 6.52. The second kappa shape index (κ2) is 6.97. The highest BCUT2D eigenvalue weighted by Crippen LogP contribution is 2.13. The third-order valence-corrected chi connectivity index (χ3v) is 3.46. The third-order valence-electron chi connectivity index (χ3n) is 3.20. The van der Waals surface area contributed by atoms with Crippen LogP contribution in [0.25, 0.3) is 11.5 Å². The summed E-state index contributed by atoms with van der Waals surface area (Å²) in [5.74, 6) is 0.135. The van der Waals surface area contributed by atoms with Crippen LogP contribution in [0.1, 0.15) is 15.9 Å². The van der Waals surface area contributed by atoms with E-state index in [1.54, 1.807) is 36.7 Å². The lowest BCUT2D eigenvalue weighted by molar-refractivity contribution is 0.0600. The van der Waals surface area contributed by atoms with E-state index in [1.807, 2.05) is 18.2 Å². The number of carbonyl (C=O) groups is 1. The van der Waals surface area contributed by atoms with Gasteiger partial charge in [0.25, 0.3) is 0 Å². The third kappa shape index (κ3) is 3.28. The summed E-state index contributed by atoms with van der Waals surface area (Å²) in [6.07, 6.45) is 3.30. The molecule has 0 bridgehead atoms. The zero-order valence-corrected chi connectivity index (χ0v) is 13.5. The first kappa shape index (κ1) is 15.8. The van der Waals surface area contributed by atoms with Crippen molar-refractivity contribution in [3.63, 3.8) is 0 Å². The zero-order chi connectivity index (χ0) is 16.9. The topological polar surface area (TPSA) is 85.2 Å². The molecular weight excluding hydrogens is 326 g/mol. The normalized spacial score (nSPS) is 10.9. The number of hydrogen-bond acceptors (Lipinski definition) is 6. The number of rotatable bonds is 4. The Hall–Kier alpha value is -3.13. The van der Waals surface area contributed by atoms with Gasteiger partial charge >= 0.3 is 5.97 Å². The van der Waals surface area contributed by atoms with Crippen LogP contribution < -0.4 is 0 Å². The highest BCUT2D eigenvalue weighted by atomic mass is 32.1. The molecular formula is C16H13N5O2S. The van der Waals surface area contributed by atoms with Gasteiger partial charge in [-0.25, -0.2) is 9.89 Å². The minimum absolute atomic E-state index is 0.359. The van der Waals surface area contributed by atoms with Crippen molar-refractivity contribution in [1.29, 1.82) is 0 Å². The summed E-state index contributed by atoms with van der Waals surface area (Å²) in [7, 11) is 1.34. The van der Waals surface area contributed by atoms with Crippen molar-refractivity contribution in [3.05, 3.63) is 64.6 Å². The Morgan fingerprint density at radius 2 is 2.08 bits per heavy atom. The maximum atomic E-state index is 11.4. The minimum Gasteiger partial charge on any atom is -0.465 e. The molecule has 1 N–H and O–H groups in total. The molecule has 0 unspecified atom stereocenters. The summed E-state index contributed by atoms with van der Waals surface area (Å²) in [6.45, 7) is 0. The molecule has 2 aromatic heterocycles. The lowest BCUT2D eigenvalue weighted by Gasteiger charge is -2.01. The Bertz CT molecular complexity index is 929. The number of ether oxygens (including phenoxy) is 1. The maximum Gasteiger partial charge on any atom is 0.337 e. The van der Waals surface area contributed by atoms with Gasteiger partial charge in [-0.1, -0.05) is 18.2 Å². The maximum absolute atomic E-state index is 11.4. The summed E-state index contributed by atoms with van der Waals surface area (Å²) in [6, 6.07) is 12.4. The molecule has 0 spiro atoms. The summed E-state index contributed by atoms with van der Waals surface area (Å²) in [5, 5.41) is 11.2. The number of H-pyrrole nitrogens is 1. The highest BCUT2D eigenvalue weighted by Gasteiger charge is 2.08. The molecule has 7 nitrogen and oxygen atoms in total. The molecule has 24 heavy (non-hydrogen) atoms. The molecule has 0 amide bonds. The van der Waals surface area contributed by atoms with E-state index < -0.39 is 0 Å². The first-order valence-corrected chi connectivity index (χ1v) is 7.41. The van der Waals surface area contributed by atoms with Crippen LogP contribution in [0.4, 0.5) is 0 Å². The van der Waals surface area contributed by atoms with Crippen LogP contribution in [0, 0.1) is 4.77 Å². The van der Waals surface area contributed by atoms with E-state index in [2.05, 4.69) is 25.0 Å². The van der Waals surface area contributed by atoms with Crippen molar-refractivity contribution in [1.82, 2.24) is 19.9 Å². The molecule has 3 rings (SSSR count). The summed E-state index contributed by atoms with van der Waals surface area (Å²) >= 11 is 5.20. The number of nitrogens with one attached hydrogen (secondary N) is 1. The van der Waals surface area contributed by atoms with E-state index in [4.69, 9.17) is 12.2 Å². The van der Waals surface area contributed by atoms with Crippen LogP contribution in [0.15, 0.2) is 53.8 Å². The average Bonchev–Trinajstić information content (AvgIpc) is 3.01. The van der Waals surface area contributed by atoms with E-state index in [0.29, 0.717) is 21.9 Å². The molecule has 120 valence electrons. The van der Waals surface area contributed by atoms with E-state index in [9.17, 15) is 4.79 Å². The largest absolute Gasteiger partial charge is 0.465 e. The number of nitrogens with zero attached hydrogens (tertiary/aromatic N) is 4. The van der Waals surface area contributed by atoms with Crippen molar-refractivity contribution >= 4 is 24.4 Å². The number of hydrogen-bond donors (Lipinski definition) is 1. The number of carbonyl (C=O) groups excluding carboxylic acids is 1. The molecule has 0 aliphatic heterocycles. The average molecular weight is 339 g/mol. The van der Waals surface area contributed by atoms with Gasteiger partial charge in [-0.2, -0.15) is 14.9 Å². The quantitative estimate of drug-likeness (QED) is 0.449. The number of pyridine rings is 1.